The first-order valence-electron chi connectivity index (χ1n) is 7.48. The summed E-state index contributed by atoms with van der Waals surface area (Å²) in [7, 11) is 0. The number of hydrazine groups is 1. The third kappa shape index (κ3) is 4.98. The minimum absolute atomic E-state index is 0.229. The highest BCUT2D eigenvalue weighted by molar-refractivity contribution is 5.98. The number of carbonyl (C=O) groups excluding carboxylic acids is 2. The van der Waals surface area contributed by atoms with E-state index in [4.69, 9.17) is 4.74 Å². The van der Waals surface area contributed by atoms with Gasteiger partial charge in [0, 0.05) is 17.8 Å². The quantitative estimate of drug-likeness (QED) is 0.723. The van der Waals surface area contributed by atoms with E-state index in [1.807, 2.05) is 13.8 Å². The van der Waals surface area contributed by atoms with Gasteiger partial charge >= 0.3 is 0 Å². The molecule has 126 valence electrons. The summed E-state index contributed by atoms with van der Waals surface area (Å²) >= 11 is 0. The van der Waals surface area contributed by atoms with E-state index in [1.165, 1.54) is 18.3 Å². The number of hydrogen-bond acceptors (Lipinski definition) is 4. The van der Waals surface area contributed by atoms with Crippen LogP contribution in [0, 0.1) is 5.92 Å². The summed E-state index contributed by atoms with van der Waals surface area (Å²) in [5.41, 5.74) is 4.89. The van der Waals surface area contributed by atoms with Crippen LogP contribution in [0.5, 0.6) is 5.75 Å². The molecule has 0 aliphatic rings. The van der Waals surface area contributed by atoms with Gasteiger partial charge in [0.2, 0.25) is 5.56 Å². The first-order valence-corrected chi connectivity index (χ1v) is 7.48. The van der Waals surface area contributed by atoms with Gasteiger partial charge in [-0.3, -0.25) is 25.2 Å². The molecule has 1 heterocycles. The molecule has 0 unspecified atom stereocenters. The molecule has 1 aromatic heterocycles. The Balaban J connectivity index is 1.89. The Hall–Kier alpha value is -3.09. The molecule has 0 atom stereocenters. The Bertz CT molecular complexity index is 746. The Kier molecular flexibility index (Phi) is 5.73. The zero-order valence-electron chi connectivity index (χ0n) is 13.5. The number of nitrogens with one attached hydrogen (secondary N) is 3. The molecule has 0 bridgehead atoms. The highest BCUT2D eigenvalue weighted by Crippen LogP contribution is 2.13. The molecule has 7 heteroatoms. The molecular formula is C17H19N3O4. The van der Waals surface area contributed by atoms with E-state index < -0.39 is 11.8 Å². The van der Waals surface area contributed by atoms with Gasteiger partial charge in [0.25, 0.3) is 11.8 Å². The van der Waals surface area contributed by atoms with Crippen molar-refractivity contribution in [1.29, 1.82) is 0 Å². The minimum atomic E-state index is -0.531. The van der Waals surface area contributed by atoms with E-state index in [2.05, 4.69) is 15.8 Å². The van der Waals surface area contributed by atoms with E-state index in [9.17, 15) is 14.4 Å². The summed E-state index contributed by atoms with van der Waals surface area (Å²) in [5.74, 6) is 0.105. The van der Waals surface area contributed by atoms with Crippen molar-refractivity contribution in [3.63, 3.8) is 0 Å². The van der Waals surface area contributed by atoms with Gasteiger partial charge < -0.3 is 9.72 Å². The van der Waals surface area contributed by atoms with Crippen LogP contribution in [-0.4, -0.2) is 23.4 Å². The molecule has 0 spiro atoms. The lowest BCUT2D eigenvalue weighted by molar-refractivity contribution is 0.0846. The second kappa shape index (κ2) is 7.96. The number of hydrogen-bond donors (Lipinski definition) is 3. The second-order valence-corrected chi connectivity index (χ2v) is 5.58. The Labute approximate surface area is 139 Å². The van der Waals surface area contributed by atoms with E-state index in [-0.39, 0.29) is 11.1 Å². The van der Waals surface area contributed by atoms with Crippen LogP contribution in [0.4, 0.5) is 0 Å². The van der Waals surface area contributed by atoms with Crippen LogP contribution >= 0.6 is 0 Å². The molecule has 1 aromatic carbocycles. The molecule has 2 aromatic rings. The van der Waals surface area contributed by atoms with Crippen molar-refractivity contribution in [2.24, 2.45) is 5.92 Å². The third-order valence-corrected chi connectivity index (χ3v) is 3.04. The number of H-pyrrole nitrogens is 1. The van der Waals surface area contributed by atoms with E-state index in [0.717, 1.165) is 0 Å². The first-order chi connectivity index (χ1) is 11.5. The Morgan fingerprint density at radius 2 is 1.58 bits per heavy atom. The van der Waals surface area contributed by atoms with Crippen molar-refractivity contribution in [3.05, 3.63) is 64.1 Å². The van der Waals surface area contributed by atoms with Crippen molar-refractivity contribution < 1.29 is 14.3 Å². The van der Waals surface area contributed by atoms with Crippen LogP contribution in [0.3, 0.4) is 0 Å². The van der Waals surface area contributed by atoms with Gasteiger partial charge in [0.1, 0.15) is 5.75 Å². The normalized spacial score (nSPS) is 10.3. The standard InChI is InChI=1S/C17H19N3O4/c1-11(2)10-24-14-6-3-12(4-7-14)16(22)19-20-17(23)13-5-8-15(21)18-9-13/h3-9,11H,10H2,1-2H3,(H,18,21)(H,19,22)(H,20,23). The van der Waals surface area contributed by atoms with E-state index >= 15 is 0 Å². The summed E-state index contributed by atoms with van der Waals surface area (Å²) in [4.78, 5) is 37.1. The summed E-state index contributed by atoms with van der Waals surface area (Å²) in [6.07, 6.45) is 1.27. The molecule has 7 nitrogen and oxygen atoms in total. The number of aromatic amines is 1. The molecule has 2 amide bonds. The maximum atomic E-state index is 12.0. The predicted octanol–water partition coefficient (Wildman–Crippen LogP) is 1.48. The fourth-order valence-corrected chi connectivity index (χ4v) is 1.78. The topological polar surface area (TPSA) is 100 Å². The third-order valence-electron chi connectivity index (χ3n) is 3.04. The number of amides is 2. The average Bonchev–Trinajstić information content (AvgIpc) is 2.58. The van der Waals surface area contributed by atoms with E-state index in [1.54, 1.807) is 24.3 Å². The molecular weight excluding hydrogens is 310 g/mol. The lowest BCUT2D eigenvalue weighted by Gasteiger charge is -2.10. The van der Waals surface area contributed by atoms with Gasteiger partial charge in [-0.2, -0.15) is 0 Å². The molecule has 0 saturated heterocycles. The fraction of sp³-hybridized carbons (Fsp3) is 0.235. The number of aromatic nitrogens is 1. The minimum Gasteiger partial charge on any atom is -0.493 e. The number of ether oxygens (including phenoxy) is 1. The van der Waals surface area contributed by atoms with Crippen molar-refractivity contribution in [2.75, 3.05) is 6.61 Å². The highest BCUT2D eigenvalue weighted by atomic mass is 16.5. The molecule has 3 N–H and O–H groups in total. The van der Waals surface area contributed by atoms with Crippen LogP contribution in [0.1, 0.15) is 34.6 Å². The SMILES string of the molecule is CC(C)COc1ccc(C(=O)NNC(=O)c2ccc(=O)[nH]c2)cc1. The van der Waals surface area contributed by atoms with Crippen molar-refractivity contribution >= 4 is 11.8 Å². The number of benzene rings is 1. The molecule has 0 fully saturated rings. The number of carbonyl (C=O) groups is 2. The summed E-state index contributed by atoms with van der Waals surface area (Å²) in [6, 6.07) is 9.20. The maximum absolute atomic E-state index is 12.0. The molecule has 0 aliphatic carbocycles. The van der Waals surface area contributed by atoms with Crippen LogP contribution < -0.4 is 21.1 Å². The maximum Gasteiger partial charge on any atom is 0.271 e. The van der Waals surface area contributed by atoms with Gasteiger partial charge in [-0.05, 0) is 36.2 Å². The lowest BCUT2D eigenvalue weighted by atomic mass is 10.2. The number of rotatable bonds is 5. The Morgan fingerprint density at radius 1 is 1.00 bits per heavy atom. The molecule has 24 heavy (non-hydrogen) atoms. The van der Waals surface area contributed by atoms with Crippen molar-refractivity contribution in [3.8, 4) is 5.75 Å². The van der Waals surface area contributed by atoms with Crippen molar-refractivity contribution in [1.82, 2.24) is 15.8 Å². The molecule has 0 saturated carbocycles. The van der Waals surface area contributed by atoms with Gasteiger partial charge in [-0.15, -0.1) is 0 Å². The summed E-state index contributed by atoms with van der Waals surface area (Å²) < 4.78 is 5.54. The zero-order valence-corrected chi connectivity index (χ0v) is 13.5. The molecule has 0 radical (unpaired) electrons. The second-order valence-electron chi connectivity index (χ2n) is 5.58. The van der Waals surface area contributed by atoms with Gasteiger partial charge in [-0.1, -0.05) is 13.8 Å². The zero-order chi connectivity index (χ0) is 17.5. The molecule has 0 aliphatic heterocycles. The molecule has 2 rings (SSSR count). The lowest BCUT2D eigenvalue weighted by Crippen LogP contribution is -2.41. The highest BCUT2D eigenvalue weighted by Gasteiger charge is 2.09. The first kappa shape index (κ1) is 17.3. The van der Waals surface area contributed by atoms with E-state index in [0.29, 0.717) is 23.8 Å². The van der Waals surface area contributed by atoms with Gasteiger partial charge in [0.15, 0.2) is 0 Å². The number of pyridine rings is 1. The average molecular weight is 329 g/mol. The van der Waals surface area contributed by atoms with Gasteiger partial charge in [0.05, 0.1) is 12.2 Å². The summed E-state index contributed by atoms with van der Waals surface area (Å²) in [5, 5.41) is 0. The monoisotopic (exact) mass is 329 g/mol. The summed E-state index contributed by atoms with van der Waals surface area (Å²) in [6.45, 7) is 4.69. The largest absolute Gasteiger partial charge is 0.493 e. The Morgan fingerprint density at radius 3 is 2.12 bits per heavy atom. The predicted molar refractivity (Wildman–Crippen MR) is 88.8 cm³/mol. The van der Waals surface area contributed by atoms with Crippen LogP contribution in [-0.2, 0) is 0 Å². The van der Waals surface area contributed by atoms with Crippen molar-refractivity contribution in [2.45, 2.75) is 13.8 Å². The van der Waals surface area contributed by atoms with Gasteiger partial charge in [-0.25, -0.2) is 0 Å². The fourth-order valence-electron chi connectivity index (χ4n) is 1.78. The van der Waals surface area contributed by atoms with Crippen LogP contribution in [0.2, 0.25) is 0 Å². The van der Waals surface area contributed by atoms with Crippen LogP contribution in [0.25, 0.3) is 0 Å². The van der Waals surface area contributed by atoms with Crippen LogP contribution in [0.15, 0.2) is 47.4 Å². The smallest absolute Gasteiger partial charge is 0.271 e.